The van der Waals surface area contributed by atoms with Gasteiger partial charge in [-0.25, -0.2) is 17.8 Å². The van der Waals surface area contributed by atoms with Crippen LogP contribution in [0.2, 0.25) is 5.02 Å². The molecule has 0 unspecified atom stereocenters. The van der Waals surface area contributed by atoms with Gasteiger partial charge >= 0.3 is 0 Å². The van der Waals surface area contributed by atoms with E-state index in [1.807, 2.05) is 32.0 Å². The highest BCUT2D eigenvalue weighted by molar-refractivity contribution is 7.91. The van der Waals surface area contributed by atoms with Crippen molar-refractivity contribution in [3.05, 3.63) is 52.8 Å². The fourth-order valence-electron chi connectivity index (χ4n) is 3.19. The number of hydrogen-bond donors (Lipinski definition) is 0. The first kappa shape index (κ1) is 24.6. The molecule has 0 N–H and O–H groups in total. The highest BCUT2D eigenvalue weighted by atomic mass is 35.5. The zero-order chi connectivity index (χ0) is 23.5. The minimum atomic E-state index is -3.72. The van der Waals surface area contributed by atoms with E-state index in [2.05, 4.69) is 4.98 Å². The second kappa shape index (κ2) is 10.2. The summed E-state index contributed by atoms with van der Waals surface area (Å²) in [6.45, 7) is 3.10. The Kier molecular flexibility index (Phi) is 7.87. The summed E-state index contributed by atoms with van der Waals surface area (Å²) in [6, 6.07) is 8.28. The van der Waals surface area contributed by atoms with Crippen molar-refractivity contribution in [2.75, 3.05) is 37.8 Å². The Balaban J connectivity index is 1.83. The highest BCUT2D eigenvalue weighted by Crippen LogP contribution is 2.36. The molecular formula is C22H25ClFN3O3S2. The fraction of sp³-hybridized carbons (Fsp3) is 0.364. The summed E-state index contributed by atoms with van der Waals surface area (Å²) >= 11 is 7.65. The summed E-state index contributed by atoms with van der Waals surface area (Å²) in [5.74, 6) is -1.22. The van der Waals surface area contributed by atoms with Gasteiger partial charge in [-0.3, -0.25) is 9.69 Å². The third-order valence-corrected chi connectivity index (χ3v) is 8.23. The molecule has 172 valence electrons. The number of sulfone groups is 1. The minimum Gasteiger partial charge on any atom is -0.309 e. The lowest BCUT2D eigenvalue weighted by Crippen LogP contribution is -2.34. The molecule has 0 aliphatic heterocycles. The zero-order valence-electron chi connectivity index (χ0n) is 18.1. The van der Waals surface area contributed by atoms with Gasteiger partial charge in [0.15, 0.2) is 15.0 Å². The van der Waals surface area contributed by atoms with Crippen LogP contribution in [0.25, 0.3) is 10.2 Å². The SMILES string of the molecule is Cc1ccc(Cl)c2sc(N(CCCN(C)C)C(=O)CCS(=O)(=O)c3ccc(F)cc3)nc12. The van der Waals surface area contributed by atoms with E-state index in [0.29, 0.717) is 23.1 Å². The number of nitrogens with zero attached hydrogens (tertiary/aromatic N) is 3. The number of rotatable bonds is 9. The Hall–Kier alpha value is -2.07. The Morgan fingerprint density at radius 2 is 1.81 bits per heavy atom. The number of aryl methyl sites for hydroxylation is 1. The lowest BCUT2D eigenvalue weighted by atomic mass is 10.2. The molecule has 0 radical (unpaired) electrons. The molecule has 0 saturated carbocycles. The van der Waals surface area contributed by atoms with Crippen molar-refractivity contribution in [3.8, 4) is 0 Å². The normalized spacial score (nSPS) is 11.9. The molecular weight excluding hydrogens is 473 g/mol. The van der Waals surface area contributed by atoms with E-state index in [1.165, 1.54) is 23.5 Å². The van der Waals surface area contributed by atoms with Crippen LogP contribution in [-0.4, -0.2) is 57.1 Å². The van der Waals surface area contributed by atoms with Gasteiger partial charge < -0.3 is 4.90 Å². The molecule has 0 atom stereocenters. The van der Waals surface area contributed by atoms with Crippen molar-refractivity contribution >= 4 is 54.0 Å². The average molecular weight is 498 g/mol. The molecule has 1 aromatic heterocycles. The van der Waals surface area contributed by atoms with Crippen LogP contribution in [0.15, 0.2) is 41.3 Å². The number of fused-ring (bicyclic) bond motifs is 1. The third-order valence-electron chi connectivity index (χ3n) is 4.96. The number of aromatic nitrogens is 1. The molecule has 0 spiro atoms. The summed E-state index contributed by atoms with van der Waals surface area (Å²) in [6.07, 6.45) is 0.496. The van der Waals surface area contributed by atoms with Crippen molar-refractivity contribution in [3.63, 3.8) is 0 Å². The number of anilines is 1. The molecule has 0 aliphatic carbocycles. The number of benzene rings is 2. The monoisotopic (exact) mass is 497 g/mol. The second-order valence-electron chi connectivity index (χ2n) is 7.76. The standard InChI is InChI=1S/C22H25ClFN3O3S2/c1-15-5-10-18(23)21-20(15)25-22(31-21)27(13-4-12-26(2)3)19(28)11-14-32(29,30)17-8-6-16(24)7-9-17/h5-10H,4,11-14H2,1-3H3. The average Bonchev–Trinajstić information content (AvgIpc) is 3.19. The molecule has 2 aromatic carbocycles. The number of carbonyl (C=O) groups excluding carboxylic acids is 1. The maximum atomic E-state index is 13.1. The largest absolute Gasteiger partial charge is 0.309 e. The Bertz CT molecular complexity index is 1170. The maximum Gasteiger partial charge on any atom is 0.229 e. The molecule has 6 nitrogen and oxygen atoms in total. The second-order valence-corrected chi connectivity index (χ2v) is 11.3. The van der Waals surface area contributed by atoms with Gasteiger partial charge in [-0.15, -0.1) is 0 Å². The van der Waals surface area contributed by atoms with Crippen molar-refractivity contribution in [2.24, 2.45) is 0 Å². The molecule has 10 heteroatoms. The number of thiazole rings is 1. The van der Waals surface area contributed by atoms with E-state index in [0.717, 1.165) is 34.5 Å². The molecule has 1 heterocycles. The number of hydrogen-bond acceptors (Lipinski definition) is 6. The summed E-state index contributed by atoms with van der Waals surface area (Å²) in [7, 11) is 0.173. The van der Waals surface area contributed by atoms with Crippen LogP contribution in [0, 0.1) is 12.7 Å². The van der Waals surface area contributed by atoms with Gasteiger partial charge in [-0.05, 0) is 69.9 Å². The highest BCUT2D eigenvalue weighted by Gasteiger charge is 2.24. The minimum absolute atomic E-state index is 0.00625. The number of amides is 1. The molecule has 0 bridgehead atoms. The van der Waals surface area contributed by atoms with Gasteiger partial charge in [0.05, 0.1) is 25.9 Å². The number of carbonyl (C=O) groups is 1. The van der Waals surface area contributed by atoms with Crippen LogP contribution in [0.5, 0.6) is 0 Å². The van der Waals surface area contributed by atoms with Crippen LogP contribution in [0.4, 0.5) is 9.52 Å². The van der Waals surface area contributed by atoms with E-state index < -0.39 is 15.7 Å². The maximum absolute atomic E-state index is 13.1. The molecule has 0 aliphatic rings. The molecule has 32 heavy (non-hydrogen) atoms. The summed E-state index contributed by atoms with van der Waals surface area (Å²) in [5, 5.41) is 1.06. The predicted octanol–water partition coefficient (Wildman–Crippen LogP) is 4.55. The summed E-state index contributed by atoms with van der Waals surface area (Å²) in [5.41, 5.74) is 1.69. The summed E-state index contributed by atoms with van der Waals surface area (Å²) < 4.78 is 39.1. The smallest absolute Gasteiger partial charge is 0.229 e. The fourth-order valence-corrected chi connectivity index (χ4v) is 5.78. The first-order chi connectivity index (χ1) is 15.1. The van der Waals surface area contributed by atoms with Crippen LogP contribution in [0.1, 0.15) is 18.4 Å². The van der Waals surface area contributed by atoms with Crippen molar-refractivity contribution in [1.82, 2.24) is 9.88 Å². The van der Waals surface area contributed by atoms with Gasteiger partial charge in [0.1, 0.15) is 5.82 Å². The van der Waals surface area contributed by atoms with E-state index in [4.69, 9.17) is 11.6 Å². The van der Waals surface area contributed by atoms with Crippen LogP contribution in [0.3, 0.4) is 0 Å². The molecule has 1 amide bonds. The van der Waals surface area contributed by atoms with Crippen LogP contribution in [-0.2, 0) is 14.6 Å². The topological polar surface area (TPSA) is 70.6 Å². The van der Waals surface area contributed by atoms with Crippen molar-refractivity contribution in [1.29, 1.82) is 0 Å². The van der Waals surface area contributed by atoms with E-state index in [1.54, 1.807) is 11.0 Å². The zero-order valence-corrected chi connectivity index (χ0v) is 20.5. The molecule has 3 aromatic rings. The third kappa shape index (κ3) is 5.83. The Morgan fingerprint density at radius 3 is 2.44 bits per heavy atom. The predicted molar refractivity (Wildman–Crippen MR) is 128 cm³/mol. The van der Waals surface area contributed by atoms with E-state index >= 15 is 0 Å². The van der Waals surface area contributed by atoms with Crippen molar-refractivity contribution in [2.45, 2.75) is 24.7 Å². The molecule has 0 saturated heterocycles. The van der Waals surface area contributed by atoms with Crippen LogP contribution >= 0.6 is 22.9 Å². The van der Waals surface area contributed by atoms with Gasteiger partial charge in [-0.1, -0.05) is 29.0 Å². The Labute approximate surface area is 196 Å². The van der Waals surface area contributed by atoms with Gasteiger partial charge in [0.2, 0.25) is 5.91 Å². The molecule has 3 rings (SSSR count). The lowest BCUT2D eigenvalue weighted by molar-refractivity contribution is -0.118. The van der Waals surface area contributed by atoms with Gasteiger partial charge in [0, 0.05) is 13.0 Å². The van der Waals surface area contributed by atoms with Crippen LogP contribution < -0.4 is 4.90 Å². The first-order valence-electron chi connectivity index (χ1n) is 10.1. The number of halogens is 2. The van der Waals surface area contributed by atoms with E-state index in [9.17, 15) is 17.6 Å². The van der Waals surface area contributed by atoms with E-state index in [-0.39, 0.29) is 23.0 Å². The molecule has 0 fully saturated rings. The van der Waals surface area contributed by atoms with Gasteiger partial charge in [0.25, 0.3) is 0 Å². The van der Waals surface area contributed by atoms with Crippen molar-refractivity contribution < 1.29 is 17.6 Å². The Morgan fingerprint density at radius 1 is 1.12 bits per heavy atom. The first-order valence-corrected chi connectivity index (χ1v) is 12.9. The van der Waals surface area contributed by atoms with Gasteiger partial charge in [-0.2, -0.15) is 0 Å². The lowest BCUT2D eigenvalue weighted by Gasteiger charge is -2.21. The quantitative estimate of drug-likeness (QED) is 0.406. The summed E-state index contributed by atoms with van der Waals surface area (Å²) in [4.78, 5) is 21.3.